The molecule has 1 N–H and O–H groups in total. The van der Waals surface area contributed by atoms with Gasteiger partial charge in [-0.2, -0.15) is 0 Å². The van der Waals surface area contributed by atoms with Crippen molar-refractivity contribution in [3.8, 4) is 0 Å². The number of quaternary nitrogens is 1. The molecule has 0 rings (SSSR count). The van der Waals surface area contributed by atoms with Gasteiger partial charge in [0, 0.05) is 12.8 Å². The summed E-state index contributed by atoms with van der Waals surface area (Å²) in [6.07, 6.45) is 68.0. The van der Waals surface area contributed by atoms with Crippen molar-refractivity contribution in [1.82, 2.24) is 5.32 Å². The highest BCUT2D eigenvalue weighted by Gasteiger charge is 2.27. The molecule has 406 valence electrons. The van der Waals surface area contributed by atoms with Crippen molar-refractivity contribution in [2.75, 3.05) is 40.9 Å². The molecule has 3 atom stereocenters. The average molecular weight is 1010 g/mol. The van der Waals surface area contributed by atoms with Gasteiger partial charge in [0.2, 0.25) is 5.91 Å². The Morgan fingerprint density at radius 3 is 1.35 bits per heavy atom. The molecule has 0 aromatic carbocycles. The van der Waals surface area contributed by atoms with Crippen molar-refractivity contribution >= 4 is 19.7 Å². The summed E-state index contributed by atoms with van der Waals surface area (Å²) in [5.41, 5.74) is 0. The summed E-state index contributed by atoms with van der Waals surface area (Å²) in [7, 11) is 1.10. The first-order chi connectivity index (χ1) is 34.4. The highest BCUT2D eigenvalue weighted by Crippen LogP contribution is 2.38. The lowest BCUT2D eigenvalue weighted by Crippen LogP contribution is -2.47. The van der Waals surface area contributed by atoms with E-state index in [2.05, 4.69) is 105 Å². The van der Waals surface area contributed by atoms with E-state index in [9.17, 15) is 19.0 Å². The number of nitrogens with zero attached hydrogens (tertiary/aromatic N) is 1. The van der Waals surface area contributed by atoms with E-state index in [-0.39, 0.29) is 25.4 Å². The van der Waals surface area contributed by atoms with E-state index < -0.39 is 32.5 Å². The number of carbonyl (C=O) groups excluding carboxylic acids is 2. The number of allylic oxidation sites excluding steroid dienone is 17. The van der Waals surface area contributed by atoms with Gasteiger partial charge in [0.25, 0.3) is 7.82 Å². The van der Waals surface area contributed by atoms with Crippen LogP contribution in [0.5, 0.6) is 0 Å². The van der Waals surface area contributed by atoms with Gasteiger partial charge in [-0.1, -0.05) is 220 Å². The standard InChI is InChI=1S/C61H105N2O7P/c1-7-10-13-16-19-22-25-28-29-30-31-32-33-36-38-41-44-47-50-53-60(64)62-58(57-69-71(66,67)68-56-55-63(4,5)6)59(52-49-46-43-40-37-34-26-23-20-17-14-11-8-2)70-61(65)54-51-48-45-42-39-35-27-24-21-18-15-12-9-3/h10,13,19,22,28-29,31-32,35-36,38-39,44-45,47-49,52,58-59H,7-9,11-12,14-18,20-21,23-27,30,33-34,37,40-43,46,50-51,53-57H2,1-6H3,(H-,62,64,66,67)/b13-10-,22-19-,29-28-,32-31-,38-36-,39-35-,47-44-,48-45+,52-49-. The molecule has 0 spiro atoms. The van der Waals surface area contributed by atoms with Crippen molar-refractivity contribution in [2.45, 2.75) is 226 Å². The van der Waals surface area contributed by atoms with Crippen molar-refractivity contribution in [3.63, 3.8) is 0 Å². The van der Waals surface area contributed by atoms with Gasteiger partial charge in [0.15, 0.2) is 0 Å². The number of esters is 1. The van der Waals surface area contributed by atoms with Crippen molar-refractivity contribution < 1.29 is 37.3 Å². The van der Waals surface area contributed by atoms with Gasteiger partial charge in [-0.25, -0.2) is 0 Å². The number of unbranched alkanes of at least 4 members (excludes halogenated alkanes) is 17. The molecule has 10 heteroatoms. The van der Waals surface area contributed by atoms with E-state index in [4.69, 9.17) is 13.8 Å². The van der Waals surface area contributed by atoms with Gasteiger partial charge in [0.1, 0.15) is 19.3 Å². The number of ether oxygens (including phenoxy) is 1. The number of likely N-dealkylation sites (N-methyl/N-ethyl adjacent to an activating group) is 1. The van der Waals surface area contributed by atoms with Crippen LogP contribution < -0.4 is 10.2 Å². The first-order valence-electron chi connectivity index (χ1n) is 28.2. The fourth-order valence-electron chi connectivity index (χ4n) is 7.36. The molecule has 3 unspecified atom stereocenters. The zero-order chi connectivity index (χ0) is 52.2. The summed E-state index contributed by atoms with van der Waals surface area (Å²) in [6.45, 7) is 6.60. The Labute approximate surface area is 436 Å². The number of nitrogens with one attached hydrogen (secondary N) is 1. The Balaban J connectivity index is 5.57. The summed E-state index contributed by atoms with van der Waals surface area (Å²) < 4.78 is 30.1. The number of carbonyl (C=O) groups is 2. The molecule has 9 nitrogen and oxygen atoms in total. The number of phosphoric ester groups is 1. The normalized spacial score (nSPS) is 14.6. The van der Waals surface area contributed by atoms with Gasteiger partial charge >= 0.3 is 5.97 Å². The summed E-state index contributed by atoms with van der Waals surface area (Å²) in [5, 5.41) is 2.95. The second kappa shape index (κ2) is 50.2. The summed E-state index contributed by atoms with van der Waals surface area (Å²) in [6, 6.07) is -0.957. The molecule has 0 aliphatic carbocycles. The van der Waals surface area contributed by atoms with Crippen LogP contribution in [-0.2, 0) is 27.9 Å². The molecule has 0 saturated heterocycles. The van der Waals surface area contributed by atoms with E-state index in [0.717, 1.165) is 70.6 Å². The zero-order valence-electron chi connectivity index (χ0n) is 46.1. The van der Waals surface area contributed by atoms with E-state index in [1.54, 1.807) is 6.08 Å². The van der Waals surface area contributed by atoms with Crippen LogP contribution in [-0.4, -0.2) is 69.4 Å². The lowest BCUT2D eigenvalue weighted by atomic mass is 10.0. The summed E-state index contributed by atoms with van der Waals surface area (Å²) >= 11 is 0. The van der Waals surface area contributed by atoms with Crippen LogP contribution in [0.25, 0.3) is 0 Å². The topological polar surface area (TPSA) is 114 Å². The van der Waals surface area contributed by atoms with Crippen LogP contribution in [0.1, 0.15) is 213 Å². The fourth-order valence-corrected chi connectivity index (χ4v) is 8.08. The van der Waals surface area contributed by atoms with Crippen molar-refractivity contribution in [1.29, 1.82) is 0 Å². The molecule has 0 fully saturated rings. The van der Waals surface area contributed by atoms with Crippen LogP contribution in [0.3, 0.4) is 0 Å². The Morgan fingerprint density at radius 2 is 0.901 bits per heavy atom. The third-order valence-corrected chi connectivity index (χ3v) is 12.7. The van der Waals surface area contributed by atoms with Crippen LogP contribution in [0, 0.1) is 0 Å². The van der Waals surface area contributed by atoms with Gasteiger partial charge in [-0.05, 0) is 89.5 Å². The Hall–Kier alpha value is -3.33. The van der Waals surface area contributed by atoms with Crippen LogP contribution in [0.2, 0.25) is 0 Å². The summed E-state index contributed by atoms with van der Waals surface area (Å²) in [5.74, 6) is -0.726. The van der Waals surface area contributed by atoms with E-state index >= 15 is 0 Å². The average Bonchev–Trinajstić information content (AvgIpc) is 3.33. The Bertz CT molecular complexity index is 1580. The molecule has 0 aromatic rings. The number of amides is 1. The number of hydrogen-bond donors (Lipinski definition) is 1. The van der Waals surface area contributed by atoms with E-state index in [1.165, 1.54) is 96.3 Å². The maximum absolute atomic E-state index is 13.4. The lowest BCUT2D eigenvalue weighted by Gasteiger charge is -2.30. The summed E-state index contributed by atoms with van der Waals surface area (Å²) in [4.78, 5) is 39.7. The maximum Gasteiger partial charge on any atom is 0.306 e. The highest BCUT2D eigenvalue weighted by molar-refractivity contribution is 7.45. The van der Waals surface area contributed by atoms with Crippen molar-refractivity contribution in [2.24, 2.45) is 0 Å². The monoisotopic (exact) mass is 1010 g/mol. The first-order valence-corrected chi connectivity index (χ1v) is 29.7. The SMILES string of the molecule is CC/C=C\C/C=C\C/C=C\C/C=C\C/C=C\C/C=C\CCC(=O)NC(COP(=O)([O-])OCC[N+](C)(C)C)C(/C=C\CCCCCCCCCCCCC)OC(=O)CC/C=C/C/C=C\CCCCCCCC. The van der Waals surface area contributed by atoms with E-state index in [0.29, 0.717) is 23.9 Å². The molecule has 0 radical (unpaired) electrons. The second-order valence-electron chi connectivity index (χ2n) is 19.7. The minimum atomic E-state index is -4.73. The second-order valence-corrected chi connectivity index (χ2v) is 21.1. The Kier molecular flexibility index (Phi) is 47.9. The highest BCUT2D eigenvalue weighted by atomic mass is 31.2. The molecule has 0 bridgehead atoms. The molecule has 0 saturated carbocycles. The predicted molar refractivity (Wildman–Crippen MR) is 302 cm³/mol. The van der Waals surface area contributed by atoms with Gasteiger partial charge in [-0.15, -0.1) is 0 Å². The third-order valence-electron chi connectivity index (χ3n) is 11.7. The minimum Gasteiger partial charge on any atom is -0.756 e. The fraction of sp³-hybridized carbons (Fsp3) is 0.672. The molecule has 71 heavy (non-hydrogen) atoms. The molecule has 0 aliphatic heterocycles. The van der Waals surface area contributed by atoms with Gasteiger partial charge < -0.3 is 28.5 Å². The third kappa shape index (κ3) is 51.4. The molecule has 0 heterocycles. The zero-order valence-corrected chi connectivity index (χ0v) is 47.0. The van der Waals surface area contributed by atoms with Crippen LogP contribution >= 0.6 is 7.82 Å². The molecule has 0 aliphatic rings. The molecular formula is C61H105N2O7P. The van der Waals surface area contributed by atoms with Crippen LogP contribution in [0.15, 0.2) is 109 Å². The Morgan fingerprint density at radius 1 is 0.507 bits per heavy atom. The largest absolute Gasteiger partial charge is 0.756 e. The van der Waals surface area contributed by atoms with Crippen LogP contribution in [0.4, 0.5) is 0 Å². The molecular weight excluding hydrogens is 904 g/mol. The lowest BCUT2D eigenvalue weighted by molar-refractivity contribution is -0.870. The number of rotatable bonds is 49. The van der Waals surface area contributed by atoms with Gasteiger partial charge in [-0.3, -0.25) is 14.2 Å². The predicted octanol–water partition coefficient (Wildman–Crippen LogP) is 16.4. The first kappa shape index (κ1) is 67.7. The maximum atomic E-state index is 13.4. The minimum absolute atomic E-state index is 0.0486. The molecule has 1 amide bonds. The van der Waals surface area contributed by atoms with E-state index in [1.807, 2.05) is 45.4 Å². The smallest absolute Gasteiger partial charge is 0.306 e. The van der Waals surface area contributed by atoms with Crippen molar-refractivity contribution in [3.05, 3.63) is 109 Å². The number of hydrogen-bond acceptors (Lipinski definition) is 7. The quantitative estimate of drug-likeness (QED) is 0.0212. The molecule has 0 aromatic heterocycles. The number of phosphoric acid groups is 1. The van der Waals surface area contributed by atoms with Gasteiger partial charge in [0.05, 0.1) is 33.8 Å².